The second-order valence-corrected chi connectivity index (χ2v) is 9.82. The van der Waals surface area contributed by atoms with E-state index < -0.39 is 5.91 Å². The molecule has 0 unspecified atom stereocenters. The molecule has 2 amide bonds. The highest BCUT2D eigenvalue weighted by Gasteiger charge is 2.54. The van der Waals surface area contributed by atoms with Gasteiger partial charge < -0.3 is 5.32 Å². The van der Waals surface area contributed by atoms with Crippen LogP contribution in [0.25, 0.3) is 0 Å². The van der Waals surface area contributed by atoms with Gasteiger partial charge in [0.25, 0.3) is 5.91 Å². The fourth-order valence-corrected chi connectivity index (χ4v) is 7.23. The maximum absolute atomic E-state index is 13.3. The SMILES string of the molecule is CC[C@H](NC(=O)C12CC3CC(CC(C3)C1)C2)c1cc(C)c(C(=O)NO)s1. The molecular weight excluding hydrogens is 348 g/mol. The molecule has 1 aromatic rings. The smallest absolute Gasteiger partial charge is 0.284 e. The van der Waals surface area contributed by atoms with Crippen LogP contribution in [0.5, 0.6) is 0 Å². The van der Waals surface area contributed by atoms with E-state index in [1.54, 1.807) is 5.48 Å². The third-order valence-corrected chi connectivity index (χ3v) is 8.17. The van der Waals surface area contributed by atoms with Crippen LogP contribution in [0.3, 0.4) is 0 Å². The molecule has 4 bridgehead atoms. The third-order valence-electron chi connectivity index (χ3n) is 6.82. The van der Waals surface area contributed by atoms with Crippen molar-refractivity contribution >= 4 is 23.2 Å². The first-order valence-corrected chi connectivity index (χ1v) is 10.6. The number of rotatable bonds is 5. The maximum atomic E-state index is 13.3. The van der Waals surface area contributed by atoms with Crippen molar-refractivity contribution in [1.82, 2.24) is 10.8 Å². The van der Waals surface area contributed by atoms with E-state index in [0.29, 0.717) is 4.88 Å². The van der Waals surface area contributed by atoms with Crippen molar-refractivity contribution in [3.05, 3.63) is 21.4 Å². The molecule has 4 aliphatic carbocycles. The van der Waals surface area contributed by atoms with E-state index in [0.717, 1.165) is 53.9 Å². The second-order valence-electron chi connectivity index (χ2n) is 8.73. The lowest BCUT2D eigenvalue weighted by Crippen LogP contribution is -2.54. The van der Waals surface area contributed by atoms with E-state index in [2.05, 4.69) is 12.2 Å². The number of hydrogen-bond acceptors (Lipinski definition) is 4. The van der Waals surface area contributed by atoms with Crippen LogP contribution in [-0.4, -0.2) is 17.0 Å². The van der Waals surface area contributed by atoms with Gasteiger partial charge in [-0.2, -0.15) is 0 Å². The number of nitrogens with one attached hydrogen (secondary N) is 2. The number of amides is 2. The van der Waals surface area contributed by atoms with E-state index in [1.165, 1.54) is 30.6 Å². The average Bonchev–Trinajstić information content (AvgIpc) is 2.99. The van der Waals surface area contributed by atoms with Crippen LogP contribution in [-0.2, 0) is 4.79 Å². The van der Waals surface area contributed by atoms with E-state index in [1.807, 2.05) is 13.0 Å². The average molecular weight is 377 g/mol. The van der Waals surface area contributed by atoms with Crippen LogP contribution in [0, 0.1) is 30.1 Å². The van der Waals surface area contributed by atoms with Crippen LogP contribution in [0.15, 0.2) is 6.07 Å². The molecule has 26 heavy (non-hydrogen) atoms. The minimum absolute atomic E-state index is 0.0700. The Balaban J connectivity index is 1.52. The van der Waals surface area contributed by atoms with E-state index in [-0.39, 0.29) is 17.4 Å². The Morgan fingerprint density at radius 2 is 1.81 bits per heavy atom. The number of carbonyl (C=O) groups is 2. The molecule has 0 spiro atoms. The van der Waals surface area contributed by atoms with Crippen LogP contribution in [0.2, 0.25) is 0 Å². The Labute approximate surface area is 158 Å². The molecule has 1 aromatic heterocycles. The Bertz CT molecular complexity index is 691. The van der Waals surface area contributed by atoms with Crippen LogP contribution < -0.4 is 10.8 Å². The highest BCUT2D eigenvalue weighted by atomic mass is 32.1. The number of hydroxylamine groups is 1. The zero-order chi connectivity index (χ0) is 18.5. The van der Waals surface area contributed by atoms with Crippen molar-refractivity contribution < 1.29 is 14.8 Å². The lowest BCUT2D eigenvalue weighted by atomic mass is 9.49. The summed E-state index contributed by atoms with van der Waals surface area (Å²) < 4.78 is 0. The number of aryl methyl sites for hydroxylation is 1. The van der Waals surface area contributed by atoms with Crippen molar-refractivity contribution in [2.24, 2.45) is 23.2 Å². The molecule has 0 saturated heterocycles. The topological polar surface area (TPSA) is 78.4 Å². The summed E-state index contributed by atoms with van der Waals surface area (Å²) in [6.07, 6.45) is 7.95. The van der Waals surface area contributed by atoms with Gasteiger partial charge in [0.05, 0.1) is 10.9 Å². The summed E-state index contributed by atoms with van der Waals surface area (Å²) in [7, 11) is 0. The summed E-state index contributed by atoms with van der Waals surface area (Å²) in [6, 6.07) is 1.89. The van der Waals surface area contributed by atoms with Gasteiger partial charge >= 0.3 is 0 Å². The monoisotopic (exact) mass is 376 g/mol. The van der Waals surface area contributed by atoms with Crippen molar-refractivity contribution in [2.75, 3.05) is 0 Å². The van der Waals surface area contributed by atoms with Gasteiger partial charge in [0, 0.05) is 10.3 Å². The summed E-state index contributed by atoms with van der Waals surface area (Å²) >= 11 is 1.36. The van der Waals surface area contributed by atoms with Crippen molar-refractivity contribution in [1.29, 1.82) is 0 Å². The second kappa shape index (κ2) is 6.64. The molecule has 4 saturated carbocycles. The first-order valence-electron chi connectivity index (χ1n) is 9.80. The van der Waals surface area contributed by atoms with Gasteiger partial charge in [-0.1, -0.05) is 6.92 Å². The molecule has 3 N–H and O–H groups in total. The molecule has 6 heteroatoms. The maximum Gasteiger partial charge on any atom is 0.284 e. The minimum Gasteiger partial charge on any atom is -0.348 e. The van der Waals surface area contributed by atoms with Gasteiger partial charge in [0.1, 0.15) is 0 Å². The van der Waals surface area contributed by atoms with Gasteiger partial charge in [0.15, 0.2) is 0 Å². The Hall–Kier alpha value is -1.40. The van der Waals surface area contributed by atoms with E-state index in [9.17, 15) is 9.59 Å². The summed E-state index contributed by atoms with van der Waals surface area (Å²) in [5, 5.41) is 12.2. The zero-order valence-electron chi connectivity index (χ0n) is 15.5. The fourth-order valence-electron chi connectivity index (χ4n) is 6.03. The van der Waals surface area contributed by atoms with Crippen molar-refractivity contribution in [3.8, 4) is 0 Å². The quantitative estimate of drug-likeness (QED) is 0.538. The summed E-state index contributed by atoms with van der Waals surface area (Å²) in [5.41, 5.74) is 2.39. The number of hydrogen-bond donors (Lipinski definition) is 3. The van der Waals surface area contributed by atoms with E-state index >= 15 is 0 Å². The van der Waals surface area contributed by atoms with Crippen molar-refractivity contribution in [3.63, 3.8) is 0 Å². The Morgan fingerprint density at radius 1 is 1.23 bits per heavy atom. The molecule has 0 aliphatic heterocycles. The summed E-state index contributed by atoms with van der Waals surface area (Å²) in [5.74, 6) is 1.98. The predicted molar refractivity (Wildman–Crippen MR) is 100 cm³/mol. The molecule has 4 fully saturated rings. The third kappa shape index (κ3) is 2.97. The lowest BCUT2D eigenvalue weighted by Gasteiger charge is -2.55. The van der Waals surface area contributed by atoms with Gasteiger partial charge in [-0.3, -0.25) is 14.8 Å². The Morgan fingerprint density at radius 3 is 2.31 bits per heavy atom. The number of carbonyl (C=O) groups excluding carboxylic acids is 2. The summed E-state index contributed by atoms with van der Waals surface area (Å²) in [4.78, 5) is 26.6. The molecule has 1 heterocycles. The highest BCUT2D eigenvalue weighted by molar-refractivity contribution is 7.14. The summed E-state index contributed by atoms with van der Waals surface area (Å²) in [6.45, 7) is 3.92. The molecule has 5 nitrogen and oxygen atoms in total. The highest BCUT2D eigenvalue weighted by Crippen LogP contribution is 2.60. The molecule has 0 aromatic carbocycles. The molecule has 5 rings (SSSR count). The van der Waals surface area contributed by atoms with E-state index in [4.69, 9.17) is 5.21 Å². The molecule has 0 radical (unpaired) electrons. The van der Waals surface area contributed by atoms with Gasteiger partial charge in [-0.05, 0) is 81.3 Å². The Kier molecular flexibility index (Phi) is 4.59. The van der Waals surface area contributed by atoms with Gasteiger partial charge in [0.2, 0.25) is 5.91 Å². The van der Waals surface area contributed by atoms with Crippen LogP contribution in [0.4, 0.5) is 0 Å². The van der Waals surface area contributed by atoms with Gasteiger partial charge in [-0.15, -0.1) is 11.3 Å². The fraction of sp³-hybridized carbons (Fsp3) is 0.700. The lowest BCUT2D eigenvalue weighted by molar-refractivity contribution is -0.147. The van der Waals surface area contributed by atoms with Crippen molar-refractivity contribution in [2.45, 2.75) is 64.8 Å². The molecule has 1 atom stereocenters. The van der Waals surface area contributed by atoms with Gasteiger partial charge in [-0.25, -0.2) is 5.48 Å². The number of thiophene rings is 1. The molecule has 4 aliphatic rings. The van der Waals surface area contributed by atoms with Crippen LogP contribution >= 0.6 is 11.3 Å². The van der Waals surface area contributed by atoms with Crippen LogP contribution in [0.1, 0.15) is 78.0 Å². The molecule has 142 valence electrons. The normalized spacial score (nSPS) is 33.1. The minimum atomic E-state index is -0.485. The zero-order valence-corrected chi connectivity index (χ0v) is 16.3. The molecular formula is C20H28N2O3S. The predicted octanol–water partition coefficient (Wildman–Crippen LogP) is 3.96. The standard InChI is InChI=1S/C20H28N2O3S/c1-3-15(16-4-11(2)17(26-16)18(23)22-25)21-19(24)20-8-12-5-13(9-20)7-14(6-12)10-20/h4,12-15,25H,3,5-10H2,1-2H3,(H,21,24)(H,22,23)/t12?,13?,14?,15-,20?/m0/s1. The largest absolute Gasteiger partial charge is 0.348 e. The first kappa shape index (κ1) is 18.0. The first-order chi connectivity index (χ1) is 12.4.